The van der Waals surface area contributed by atoms with Crippen molar-refractivity contribution in [3.8, 4) is 5.88 Å². The van der Waals surface area contributed by atoms with Crippen LogP contribution < -0.4 is 15.4 Å². The van der Waals surface area contributed by atoms with Crippen LogP contribution in [0, 0.1) is 5.92 Å². The number of hydrogen-bond acceptors (Lipinski definition) is 4. The van der Waals surface area contributed by atoms with Crippen LogP contribution in [0.15, 0.2) is 18.3 Å². The first-order valence-electron chi connectivity index (χ1n) is 6.12. The zero-order valence-electron chi connectivity index (χ0n) is 11.0. The topological polar surface area (TPSA) is 51.4 Å². The average molecular weight is 237 g/mol. The van der Waals surface area contributed by atoms with Crippen molar-refractivity contribution < 1.29 is 4.74 Å². The Balaban J connectivity index is 2.78. The fourth-order valence-corrected chi connectivity index (χ4v) is 1.76. The maximum Gasteiger partial charge on any atom is 0.214 e. The molecule has 17 heavy (non-hydrogen) atoms. The first-order chi connectivity index (χ1) is 8.17. The fraction of sp³-hybridized carbons (Fsp3) is 0.615. The summed E-state index contributed by atoms with van der Waals surface area (Å²) in [4.78, 5) is 6.46. The molecule has 0 bridgehead atoms. The Bertz CT molecular complexity index is 328. The Hall–Kier alpha value is -1.29. The smallest absolute Gasteiger partial charge is 0.214 e. The molecule has 4 nitrogen and oxygen atoms in total. The van der Waals surface area contributed by atoms with E-state index >= 15 is 0 Å². The van der Waals surface area contributed by atoms with Crippen LogP contribution in [-0.2, 0) is 0 Å². The van der Waals surface area contributed by atoms with E-state index in [-0.39, 0.29) is 0 Å². The summed E-state index contributed by atoms with van der Waals surface area (Å²) in [6.07, 6.45) is 2.78. The number of hydrogen-bond donors (Lipinski definition) is 1. The highest BCUT2D eigenvalue weighted by atomic mass is 16.5. The number of pyridine rings is 1. The quantitative estimate of drug-likeness (QED) is 0.787. The molecule has 96 valence electrons. The van der Waals surface area contributed by atoms with Crippen LogP contribution in [-0.4, -0.2) is 31.7 Å². The zero-order valence-corrected chi connectivity index (χ0v) is 11.0. The van der Waals surface area contributed by atoms with Gasteiger partial charge in [0.1, 0.15) is 0 Å². The molecule has 0 aromatic carbocycles. The minimum Gasteiger partial charge on any atom is -0.481 e. The highest BCUT2D eigenvalue weighted by molar-refractivity contribution is 5.48. The van der Waals surface area contributed by atoms with Gasteiger partial charge < -0.3 is 15.4 Å². The molecule has 0 atom stereocenters. The summed E-state index contributed by atoms with van der Waals surface area (Å²) in [5.41, 5.74) is 6.73. The third-order valence-corrected chi connectivity index (χ3v) is 2.51. The third-order valence-electron chi connectivity index (χ3n) is 2.51. The molecule has 0 aliphatic rings. The second kappa shape index (κ2) is 7.12. The summed E-state index contributed by atoms with van der Waals surface area (Å²) in [5, 5.41) is 0. The monoisotopic (exact) mass is 237 g/mol. The van der Waals surface area contributed by atoms with E-state index in [9.17, 15) is 0 Å². The molecular weight excluding hydrogens is 214 g/mol. The van der Waals surface area contributed by atoms with E-state index in [1.54, 1.807) is 13.3 Å². The molecule has 0 amide bonds. The van der Waals surface area contributed by atoms with E-state index < -0.39 is 0 Å². The maximum absolute atomic E-state index is 5.58. The lowest BCUT2D eigenvalue weighted by Gasteiger charge is -2.26. The number of aromatic nitrogens is 1. The standard InChI is InChI=1S/C13H23N3O/c1-11(2)10-16(8-4-6-14)12-5-7-15-13(9-12)17-3/h5,7,9,11H,4,6,8,10,14H2,1-3H3. The molecule has 0 spiro atoms. The predicted octanol–water partition coefficient (Wildman–Crippen LogP) is 1.90. The van der Waals surface area contributed by atoms with Gasteiger partial charge in [0.25, 0.3) is 0 Å². The lowest BCUT2D eigenvalue weighted by Crippen LogP contribution is -2.29. The lowest BCUT2D eigenvalue weighted by atomic mass is 10.2. The van der Waals surface area contributed by atoms with Gasteiger partial charge in [-0.05, 0) is 24.9 Å². The molecule has 1 rings (SSSR count). The Morgan fingerprint density at radius 2 is 2.24 bits per heavy atom. The molecule has 0 radical (unpaired) electrons. The minimum absolute atomic E-state index is 0.618. The minimum atomic E-state index is 0.618. The molecule has 0 saturated carbocycles. The molecule has 1 aromatic heterocycles. The molecule has 1 heterocycles. The molecule has 1 aromatic rings. The fourth-order valence-electron chi connectivity index (χ4n) is 1.76. The van der Waals surface area contributed by atoms with Gasteiger partial charge in [-0.15, -0.1) is 0 Å². The predicted molar refractivity (Wildman–Crippen MR) is 71.5 cm³/mol. The van der Waals surface area contributed by atoms with E-state index in [0.29, 0.717) is 11.8 Å². The molecule has 0 saturated heterocycles. The van der Waals surface area contributed by atoms with Gasteiger partial charge in [0.05, 0.1) is 7.11 Å². The van der Waals surface area contributed by atoms with Crippen molar-refractivity contribution in [1.29, 1.82) is 0 Å². The SMILES string of the molecule is COc1cc(N(CCCN)CC(C)C)ccn1. The van der Waals surface area contributed by atoms with Gasteiger partial charge in [-0.1, -0.05) is 13.8 Å². The molecular formula is C13H23N3O. The summed E-state index contributed by atoms with van der Waals surface area (Å²) in [6, 6.07) is 3.99. The summed E-state index contributed by atoms with van der Waals surface area (Å²) in [7, 11) is 1.64. The highest BCUT2D eigenvalue weighted by Gasteiger charge is 2.09. The second-order valence-corrected chi connectivity index (χ2v) is 4.54. The maximum atomic E-state index is 5.58. The second-order valence-electron chi connectivity index (χ2n) is 4.54. The molecule has 4 heteroatoms. The van der Waals surface area contributed by atoms with Gasteiger partial charge >= 0.3 is 0 Å². The van der Waals surface area contributed by atoms with E-state index in [1.165, 1.54) is 0 Å². The first kappa shape index (κ1) is 13.8. The van der Waals surface area contributed by atoms with Gasteiger partial charge in [-0.25, -0.2) is 4.98 Å². The lowest BCUT2D eigenvalue weighted by molar-refractivity contribution is 0.397. The highest BCUT2D eigenvalue weighted by Crippen LogP contribution is 2.19. The van der Waals surface area contributed by atoms with Crippen molar-refractivity contribution in [2.45, 2.75) is 20.3 Å². The van der Waals surface area contributed by atoms with Crippen molar-refractivity contribution in [3.05, 3.63) is 18.3 Å². The first-order valence-corrected chi connectivity index (χ1v) is 6.12. The number of ether oxygens (including phenoxy) is 1. The Morgan fingerprint density at radius 3 is 2.82 bits per heavy atom. The number of anilines is 1. The number of nitrogens with zero attached hydrogens (tertiary/aromatic N) is 2. The van der Waals surface area contributed by atoms with E-state index in [2.05, 4.69) is 23.7 Å². The van der Waals surface area contributed by atoms with Crippen LogP contribution >= 0.6 is 0 Å². The van der Waals surface area contributed by atoms with Gasteiger partial charge in [-0.2, -0.15) is 0 Å². The van der Waals surface area contributed by atoms with Crippen molar-refractivity contribution in [2.24, 2.45) is 11.7 Å². The van der Waals surface area contributed by atoms with Gasteiger partial charge in [-0.3, -0.25) is 0 Å². The van der Waals surface area contributed by atoms with Crippen molar-refractivity contribution >= 4 is 5.69 Å². The molecule has 2 N–H and O–H groups in total. The zero-order chi connectivity index (χ0) is 12.7. The number of methoxy groups -OCH3 is 1. The van der Waals surface area contributed by atoms with Crippen LogP contribution in [0.3, 0.4) is 0 Å². The Kier molecular flexibility index (Phi) is 5.77. The van der Waals surface area contributed by atoms with E-state index in [0.717, 1.165) is 31.7 Å². The van der Waals surface area contributed by atoms with Gasteiger partial charge in [0.15, 0.2) is 0 Å². The molecule has 0 aliphatic heterocycles. The van der Waals surface area contributed by atoms with Crippen LogP contribution in [0.1, 0.15) is 20.3 Å². The van der Waals surface area contributed by atoms with Crippen molar-refractivity contribution in [2.75, 3.05) is 31.6 Å². The normalized spacial score (nSPS) is 10.6. The van der Waals surface area contributed by atoms with E-state index in [1.807, 2.05) is 12.1 Å². The molecule has 0 aliphatic carbocycles. The summed E-state index contributed by atoms with van der Waals surface area (Å²) < 4.78 is 5.15. The summed E-state index contributed by atoms with van der Waals surface area (Å²) >= 11 is 0. The van der Waals surface area contributed by atoms with Gasteiger partial charge in [0, 0.05) is 31.0 Å². The molecule has 0 unspecified atom stereocenters. The van der Waals surface area contributed by atoms with Gasteiger partial charge in [0.2, 0.25) is 5.88 Å². The summed E-state index contributed by atoms with van der Waals surface area (Å²) in [6.45, 7) is 7.15. The van der Waals surface area contributed by atoms with Crippen molar-refractivity contribution in [3.63, 3.8) is 0 Å². The Morgan fingerprint density at radius 1 is 1.47 bits per heavy atom. The summed E-state index contributed by atoms with van der Waals surface area (Å²) in [5.74, 6) is 1.27. The van der Waals surface area contributed by atoms with Crippen LogP contribution in [0.25, 0.3) is 0 Å². The van der Waals surface area contributed by atoms with Crippen LogP contribution in [0.4, 0.5) is 5.69 Å². The van der Waals surface area contributed by atoms with Crippen LogP contribution in [0.2, 0.25) is 0 Å². The largest absolute Gasteiger partial charge is 0.481 e. The van der Waals surface area contributed by atoms with Crippen LogP contribution in [0.5, 0.6) is 5.88 Å². The number of rotatable bonds is 7. The van der Waals surface area contributed by atoms with Crippen molar-refractivity contribution in [1.82, 2.24) is 4.98 Å². The molecule has 0 fully saturated rings. The number of nitrogens with two attached hydrogens (primary N) is 1. The van der Waals surface area contributed by atoms with E-state index in [4.69, 9.17) is 10.5 Å². The average Bonchev–Trinajstić information content (AvgIpc) is 2.34. The Labute approximate surface area is 104 Å². The third kappa shape index (κ3) is 4.61.